The molecule has 0 fully saturated rings. The molecule has 1 amide bonds. The third-order valence-electron chi connectivity index (χ3n) is 3.23. The molecule has 0 saturated heterocycles. The number of carbonyl (C=O) groups excluding carboxylic acids is 1. The van der Waals surface area contributed by atoms with Gasteiger partial charge in [0.2, 0.25) is 0 Å². The van der Waals surface area contributed by atoms with Gasteiger partial charge in [0, 0.05) is 36.9 Å². The highest BCUT2D eigenvalue weighted by Gasteiger charge is 2.10. The zero-order chi connectivity index (χ0) is 14.2. The number of aromatic amines is 1. The molecule has 108 valence electrons. The SMILES string of the molecule is CCCCOCCCNC(=O)c1c[nH]c2ccccc12. The number of carbonyl (C=O) groups is 1. The van der Waals surface area contributed by atoms with Gasteiger partial charge < -0.3 is 15.0 Å². The molecule has 0 bridgehead atoms. The number of ether oxygens (including phenoxy) is 1. The molecule has 0 aliphatic heterocycles. The van der Waals surface area contributed by atoms with Gasteiger partial charge in [0.25, 0.3) is 5.91 Å². The van der Waals surface area contributed by atoms with Gasteiger partial charge in [-0.2, -0.15) is 0 Å². The van der Waals surface area contributed by atoms with Crippen LogP contribution in [0, 0.1) is 0 Å². The van der Waals surface area contributed by atoms with Crippen molar-refractivity contribution in [2.24, 2.45) is 0 Å². The summed E-state index contributed by atoms with van der Waals surface area (Å²) >= 11 is 0. The number of benzene rings is 1. The minimum Gasteiger partial charge on any atom is -0.381 e. The standard InChI is InChI=1S/C16H22N2O2/c1-2-3-10-20-11-6-9-17-16(19)14-12-18-15-8-5-4-7-13(14)15/h4-5,7-8,12,18H,2-3,6,9-11H2,1H3,(H,17,19). The van der Waals surface area contributed by atoms with Crippen molar-refractivity contribution >= 4 is 16.8 Å². The van der Waals surface area contributed by atoms with E-state index in [1.165, 1.54) is 0 Å². The lowest BCUT2D eigenvalue weighted by Crippen LogP contribution is -2.25. The Morgan fingerprint density at radius 3 is 2.90 bits per heavy atom. The summed E-state index contributed by atoms with van der Waals surface area (Å²) in [5.74, 6) is -0.0315. The summed E-state index contributed by atoms with van der Waals surface area (Å²) in [5, 5.41) is 3.89. The lowest BCUT2D eigenvalue weighted by molar-refractivity contribution is 0.0942. The molecular formula is C16H22N2O2. The molecule has 0 radical (unpaired) electrons. The Bertz CT molecular complexity index is 548. The van der Waals surface area contributed by atoms with Crippen LogP contribution in [0.15, 0.2) is 30.5 Å². The lowest BCUT2D eigenvalue weighted by Gasteiger charge is -2.05. The van der Waals surface area contributed by atoms with Gasteiger partial charge in [-0.05, 0) is 18.9 Å². The first-order valence-corrected chi connectivity index (χ1v) is 7.25. The Morgan fingerprint density at radius 1 is 1.25 bits per heavy atom. The van der Waals surface area contributed by atoms with Gasteiger partial charge in [-0.15, -0.1) is 0 Å². The van der Waals surface area contributed by atoms with E-state index < -0.39 is 0 Å². The summed E-state index contributed by atoms with van der Waals surface area (Å²) in [6.45, 7) is 4.30. The van der Waals surface area contributed by atoms with E-state index >= 15 is 0 Å². The van der Waals surface area contributed by atoms with Crippen molar-refractivity contribution in [2.45, 2.75) is 26.2 Å². The summed E-state index contributed by atoms with van der Waals surface area (Å²) < 4.78 is 5.46. The van der Waals surface area contributed by atoms with Crippen LogP contribution < -0.4 is 5.32 Å². The Morgan fingerprint density at radius 2 is 2.05 bits per heavy atom. The Labute approximate surface area is 119 Å². The average Bonchev–Trinajstić information content (AvgIpc) is 2.90. The van der Waals surface area contributed by atoms with Crippen LogP contribution >= 0.6 is 0 Å². The van der Waals surface area contributed by atoms with E-state index in [9.17, 15) is 4.79 Å². The Hall–Kier alpha value is -1.81. The number of hydrogen-bond donors (Lipinski definition) is 2. The van der Waals surface area contributed by atoms with E-state index in [4.69, 9.17) is 4.74 Å². The number of aromatic nitrogens is 1. The molecule has 1 aromatic heterocycles. The predicted octanol–water partition coefficient (Wildman–Crippen LogP) is 3.10. The first-order chi connectivity index (χ1) is 9.83. The number of H-pyrrole nitrogens is 1. The fourth-order valence-electron chi connectivity index (χ4n) is 2.08. The van der Waals surface area contributed by atoms with E-state index in [1.54, 1.807) is 6.20 Å². The lowest BCUT2D eigenvalue weighted by atomic mass is 10.1. The number of nitrogens with one attached hydrogen (secondary N) is 2. The highest BCUT2D eigenvalue weighted by molar-refractivity contribution is 6.06. The zero-order valence-corrected chi connectivity index (χ0v) is 11.9. The van der Waals surface area contributed by atoms with Crippen molar-refractivity contribution in [3.63, 3.8) is 0 Å². The number of rotatable bonds is 8. The molecule has 1 aromatic carbocycles. The largest absolute Gasteiger partial charge is 0.381 e. The molecular weight excluding hydrogens is 252 g/mol. The second kappa shape index (κ2) is 7.70. The van der Waals surface area contributed by atoms with Gasteiger partial charge in [0.15, 0.2) is 0 Å². The minimum absolute atomic E-state index is 0.0315. The molecule has 0 unspecified atom stereocenters. The normalized spacial score (nSPS) is 10.8. The van der Waals surface area contributed by atoms with Crippen molar-refractivity contribution in [3.8, 4) is 0 Å². The van der Waals surface area contributed by atoms with E-state index in [0.717, 1.165) is 36.8 Å². The molecule has 20 heavy (non-hydrogen) atoms. The number of amides is 1. The summed E-state index contributed by atoms with van der Waals surface area (Å²) in [4.78, 5) is 15.2. The van der Waals surface area contributed by atoms with E-state index in [1.807, 2.05) is 24.3 Å². The molecule has 0 atom stereocenters. The van der Waals surface area contributed by atoms with E-state index in [0.29, 0.717) is 18.7 Å². The molecule has 1 heterocycles. The van der Waals surface area contributed by atoms with Crippen LogP contribution in [-0.2, 0) is 4.74 Å². The second-order valence-corrected chi connectivity index (χ2v) is 4.82. The van der Waals surface area contributed by atoms with Crippen molar-refractivity contribution in [1.29, 1.82) is 0 Å². The molecule has 2 rings (SSSR count). The molecule has 4 heteroatoms. The van der Waals surface area contributed by atoms with Crippen LogP contribution in [0.25, 0.3) is 10.9 Å². The van der Waals surface area contributed by atoms with Crippen LogP contribution in [0.5, 0.6) is 0 Å². The highest BCUT2D eigenvalue weighted by Crippen LogP contribution is 2.17. The van der Waals surface area contributed by atoms with Crippen molar-refractivity contribution in [1.82, 2.24) is 10.3 Å². The van der Waals surface area contributed by atoms with Gasteiger partial charge in [0.1, 0.15) is 0 Å². The maximum atomic E-state index is 12.1. The first kappa shape index (κ1) is 14.6. The fourth-order valence-corrected chi connectivity index (χ4v) is 2.08. The first-order valence-electron chi connectivity index (χ1n) is 7.25. The zero-order valence-electron chi connectivity index (χ0n) is 11.9. The molecule has 0 saturated carbocycles. The minimum atomic E-state index is -0.0315. The summed E-state index contributed by atoms with van der Waals surface area (Å²) in [5.41, 5.74) is 1.69. The van der Waals surface area contributed by atoms with Gasteiger partial charge >= 0.3 is 0 Å². The Kier molecular flexibility index (Phi) is 5.62. The quantitative estimate of drug-likeness (QED) is 0.727. The molecule has 0 spiro atoms. The average molecular weight is 274 g/mol. The summed E-state index contributed by atoms with van der Waals surface area (Å²) in [6, 6.07) is 7.81. The van der Waals surface area contributed by atoms with Crippen LogP contribution in [0.4, 0.5) is 0 Å². The van der Waals surface area contributed by atoms with Gasteiger partial charge in [-0.3, -0.25) is 4.79 Å². The van der Waals surface area contributed by atoms with Crippen LogP contribution in [-0.4, -0.2) is 30.6 Å². The monoisotopic (exact) mass is 274 g/mol. The van der Waals surface area contributed by atoms with Crippen LogP contribution in [0.1, 0.15) is 36.5 Å². The summed E-state index contributed by atoms with van der Waals surface area (Å²) in [7, 11) is 0. The molecule has 0 aliphatic rings. The smallest absolute Gasteiger partial charge is 0.253 e. The third-order valence-corrected chi connectivity index (χ3v) is 3.23. The molecule has 0 aliphatic carbocycles. The fraction of sp³-hybridized carbons (Fsp3) is 0.438. The van der Waals surface area contributed by atoms with E-state index in [2.05, 4.69) is 17.2 Å². The molecule has 2 N–H and O–H groups in total. The predicted molar refractivity (Wildman–Crippen MR) is 81.0 cm³/mol. The number of fused-ring (bicyclic) bond motifs is 1. The van der Waals surface area contributed by atoms with Gasteiger partial charge in [-0.25, -0.2) is 0 Å². The van der Waals surface area contributed by atoms with Crippen molar-refractivity contribution in [2.75, 3.05) is 19.8 Å². The number of hydrogen-bond acceptors (Lipinski definition) is 2. The molecule has 2 aromatic rings. The van der Waals surface area contributed by atoms with Crippen LogP contribution in [0.3, 0.4) is 0 Å². The van der Waals surface area contributed by atoms with Crippen molar-refractivity contribution in [3.05, 3.63) is 36.0 Å². The van der Waals surface area contributed by atoms with Crippen molar-refractivity contribution < 1.29 is 9.53 Å². The van der Waals surface area contributed by atoms with E-state index in [-0.39, 0.29) is 5.91 Å². The second-order valence-electron chi connectivity index (χ2n) is 4.82. The van der Waals surface area contributed by atoms with Gasteiger partial charge in [0.05, 0.1) is 5.56 Å². The number of unbranched alkanes of at least 4 members (excludes halogenated alkanes) is 1. The maximum Gasteiger partial charge on any atom is 0.253 e. The van der Waals surface area contributed by atoms with Crippen LogP contribution in [0.2, 0.25) is 0 Å². The van der Waals surface area contributed by atoms with Gasteiger partial charge in [-0.1, -0.05) is 31.5 Å². The highest BCUT2D eigenvalue weighted by atomic mass is 16.5. The third kappa shape index (κ3) is 3.84. The Balaban J connectivity index is 1.75. The molecule has 4 nitrogen and oxygen atoms in total. The topological polar surface area (TPSA) is 54.1 Å². The number of para-hydroxylation sites is 1. The summed E-state index contributed by atoms with van der Waals surface area (Å²) in [6.07, 6.45) is 4.86. The maximum absolute atomic E-state index is 12.1.